The number of pyridine rings is 1. The molecular formula is C23H27N3O4. The van der Waals surface area contributed by atoms with Crippen molar-refractivity contribution in [2.75, 3.05) is 23.4 Å². The molecule has 2 aromatic rings. The molecule has 1 atom stereocenters. The fourth-order valence-electron chi connectivity index (χ4n) is 4.23. The zero-order valence-corrected chi connectivity index (χ0v) is 17.4. The van der Waals surface area contributed by atoms with Gasteiger partial charge in [-0.1, -0.05) is 0 Å². The lowest BCUT2D eigenvalue weighted by molar-refractivity contribution is -0.117. The molecule has 1 aromatic heterocycles. The van der Waals surface area contributed by atoms with Crippen LogP contribution in [0.2, 0.25) is 0 Å². The summed E-state index contributed by atoms with van der Waals surface area (Å²) in [5.41, 5.74) is 2.85. The molecule has 1 unspecified atom stereocenters. The monoisotopic (exact) mass is 409 g/mol. The maximum Gasteiger partial charge on any atom is 0.263 e. The molecule has 2 amide bonds. The van der Waals surface area contributed by atoms with Gasteiger partial charge in [0.1, 0.15) is 5.56 Å². The van der Waals surface area contributed by atoms with E-state index in [-0.39, 0.29) is 23.1 Å². The molecule has 0 aliphatic carbocycles. The van der Waals surface area contributed by atoms with Crippen molar-refractivity contribution in [3.63, 3.8) is 0 Å². The van der Waals surface area contributed by atoms with E-state index in [2.05, 4.69) is 5.32 Å². The van der Waals surface area contributed by atoms with E-state index in [1.165, 1.54) is 0 Å². The Bertz CT molecular complexity index is 1040. The van der Waals surface area contributed by atoms with E-state index in [1.54, 1.807) is 34.7 Å². The molecule has 4 rings (SSSR count). The number of benzene rings is 1. The van der Waals surface area contributed by atoms with Gasteiger partial charge in [-0.25, -0.2) is 0 Å². The molecule has 30 heavy (non-hydrogen) atoms. The van der Waals surface area contributed by atoms with Gasteiger partial charge in [0.25, 0.3) is 11.5 Å². The van der Waals surface area contributed by atoms with Crippen LogP contribution in [0.5, 0.6) is 0 Å². The zero-order valence-electron chi connectivity index (χ0n) is 17.4. The Morgan fingerprint density at radius 3 is 2.67 bits per heavy atom. The van der Waals surface area contributed by atoms with E-state index < -0.39 is 5.91 Å². The highest BCUT2D eigenvalue weighted by Crippen LogP contribution is 2.27. The Morgan fingerprint density at radius 1 is 1.17 bits per heavy atom. The molecule has 7 heteroatoms. The van der Waals surface area contributed by atoms with Crippen LogP contribution < -0.4 is 15.8 Å². The molecule has 1 aromatic carbocycles. The molecule has 2 aliphatic rings. The number of hydrogen-bond donors (Lipinski definition) is 1. The van der Waals surface area contributed by atoms with Crippen LogP contribution in [-0.2, 0) is 16.1 Å². The number of rotatable bonds is 5. The first-order chi connectivity index (χ1) is 14.4. The minimum absolute atomic E-state index is 0.0183. The van der Waals surface area contributed by atoms with Gasteiger partial charge in [-0.3, -0.25) is 14.4 Å². The number of amides is 2. The molecule has 0 spiro atoms. The van der Waals surface area contributed by atoms with E-state index >= 15 is 0 Å². The van der Waals surface area contributed by atoms with Gasteiger partial charge in [0.15, 0.2) is 0 Å². The van der Waals surface area contributed by atoms with E-state index in [0.29, 0.717) is 24.2 Å². The van der Waals surface area contributed by atoms with Crippen molar-refractivity contribution in [2.45, 2.75) is 52.2 Å². The normalized spacial score (nSPS) is 18.8. The van der Waals surface area contributed by atoms with Crippen molar-refractivity contribution < 1.29 is 14.3 Å². The highest BCUT2D eigenvalue weighted by Gasteiger charge is 2.24. The molecule has 3 heterocycles. The van der Waals surface area contributed by atoms with Crippen LogP contribution in [0.25, 0.3) is 0 Å². The highest BCUT2D eigenvalue weighted by molar-refractivity contribution is 6.05. The topological polar surface area (TPSA) is 80.6 Å². The second kappa shape index (κ2) is 8.44. The lowest BCUT2D eigenvalue weighted by atomic mass is 10.1. The fourth-order valence-corrected chi connectivity index (χ4v) is 4.23. The lowest BCUT2D eigenvalue weighted by Crippen LogP contribution is -2.32. The molecule has 0 saturated carbocycles. The number of ether oxygens (including phenoxy) is 1. The predicted octanol–water partition coefficient (Wildman–Crippen LogP) is 3.02. The van der Waals surface area contributed by atoms with Crippen LogP contribution in [0, 0.1) is 13.8 Å². The average Bonchev–Trinajstić information content (AvgIpc) is 3.36. The summed E-state index contributed by atoms with van der Waals surface area (Å²) in [5.74, 6) is -0.301. The average molecular weight is 409 g/mol. The molecular weight excluding hydrogens is 382 g/mol. The predicted molar refractivity (Wildman–Crippen MR) is 115 cm³/mol. The molecule has 0 bridgehead atoms. The molecule has 1 N–H and O–H groups in total. The smallest absolute Gasteiger partial charge is 0.263 e. The van der Waals surface area contributed by atoms with Crippen molar-refractivity contribution >= 4 is 23.2 Å². The van der Waals surface area contributed by atoms with Gasteiger partial charge in [0, 0.05) is 37.1 Å². The summed E-state index contributed by atoms with van der Waals surface area (Å²) < 4.78 is 7.18. The maximum atomic E-state index is 12.9. The van der Waals surface area contributed by atoms with Gasteiger partial charge in [0.05, 0.1) is 12.6 Å². The van der Waals surface area contributed by atoms with E-state index in [0.717, 1.165) is 43.7 Å². The summed E-state index contributed by atoms with van der Waals surface area (Å²) in [6, 6.07) is 7.25. The number of carbonyl (C=O) groups is 2. The Morgan fingerprint density at radius 2 is 2.00 bits per heavy atom. The molecule has 2 fully saturated rings. The summed E-state index contributed by atoms with van der Waals surface area (Å²) >= 11 is 0. The Kier molecular flexibility index (Phi) is 5.72. The third-order valence-corrected chi connectivity index (χ3v) is 5.84. The van der Waals surface area contributed by atoms with Gasteiger partial charge < -0.3 is 19.5 Å². The number of carbonyl (C=O) groups excluding carboxylic acids is 2. The van der Waals surface area contributed by atoms with Crippen molar-refractivity contribution in [2.24, 2.45) is 0 Å². The molecule has 7 nitrogen and oxygen atoms in total. The summed E-state index contributed by atoms with van der Waals surface area (Å²) in [7, 11) is 0. The van der Waals surface area contributed by atoms with Crippen LogP contribution >= 0.6 is 0 Å². The third-order valence-electron chi connectivity index (χ3n) is 5.84. The van der Waals surface area contributed by atoms with Gasteiger partial charge in [-0.05, 0) is 68.5 Å². The first-order valence-electron chi connectivity index (χ1n) is 10.5. The quantitative estimate of drug-likeness (QED) is 0.823. The highest BCUT2D eigenvalue weighted by atomic mass is 16.5. The number of aromatic nitrogens is 1. The minimum Gasteiger partial charge on any atom is -0.376 e. The molecule has 2 aliphatic heterocycles. The van der Waals surface area contributed by atoms with Gasteiger partial charge in [-0.15, -0.1) is 0 Å². The summed E-state index contributed by atoms with van der Waals surface area (Å²) in [5, 5.41) is 2.84. The standard InChI is InChI=1S/C23H27N3O4/c1-15-9-11-25(14-18-5-4-12-30-18)23(29)21(15)22(28)24-17-7-8-19(16(2)13-17)26-10-3-6-20(26)27/h7-9,11,13,18H,3-6,10,12,14H2,1-2H3,(H,24,28). The van der Waals surface area contributed by atoms with Crippen LogP contribution in [0.1, 0.15) is 47.2 Å². The second-order valence-corrected chi connectivity index (χ2v) is 8.07. The number of aryl methyl sites for hydroxylation is 2. The first-order valence-corrected chi connectivity index (χ1v) is 10.5. The third kappa shape index (κ3) is 4.03. The van der Waals surface area contributed by atoms with Crippen molar-refractivity contribution in [1.29, 1.82) is 0 Å². The van der Waals surface area contributed by atoms with Crippen molar-refractivity contribution in [3.05, 3.63) is 57.5 Å². The van der Waals surface area contributed by atoms with Crippen LogP contribution in [0.3, 0.4) is 0 Å². The van der Waals surface area contributed by atoms with Crippen molar-refractivity contribution in [1.82, 2.24) is 4.57 Å². The Balaban J connectivity index is 1.54. The minimum atomic E-state index is -0.427. The largest absolute Gasteiger partial charge is 0.376 e. The van der Waals surface area contributed by atoms with Crippen LogP contribution in [-0.4, -0.2) is 35.6 Å². The molecule has 0 radical (unpaired) electrons. The van der Waals surface area contributed by atoms with Gasteiger partial charge >= 0.3 is 0 Å². The molecule has 2 saturated heterocycles. The van der Waals surface area contributed by atoms with Crippen LogP contribution in [0.4, 0.5) is 11.4 Å². The van der Waals surface area contributed by atoms with Gasteiger partial charge in [-0.2, -0.15) is 0 Å². The summed E-state index contributed by atoms with van der Waals surface area (Å²) in [4.78, 5) is 39.7. The van der Waals surface area contributed by atoms with E-state index in [1.807, 2.05) is 19.1 Å². The van der Waals surface area contributed by atoms with Crippen LogP contribution in [0.15, 0.2) is 35.3 Å². The molecule has 158 valence electrons. The maximum absolute atomic E-state index is 12.9. The number of nitrogens with one attached hydrogen (secondary N) is 1. The number of nitrogens with zero attached hydrogens (tertiary/aromatic N) is 2. The Labute approximate surface area is 175 Å². The first kappa shape index (κ1) is 20.3. The zero-order chi connectivity index (χ0) is 21.3. The number of hydrogen-bond acceptors (Lipinski definition) is 4. The van der Waals surface area contributed by atoms with Crippen molar-refractivity contribution in [3.8, 4) is 0 Å². The summed E-state index contributed by atoms with van der Waals surface area (Å²) in [6.07, 6.45) is 5.10. The van der Waals surface area contributed by atoms with Gasteiger partial charge in [0.2, 0.25) is 5.91 Å². The second-order valence-electron chi connectivity index (χ2n) is 8.07. The number of anilines is 2. The van der Waals surface area contributed by atoms with E-state index in [9.17, 15) is 14.4 Å². The lowest BCUT2D eigenvalue weighted by Gasteiger charge is -2.19. The SMILES string of the molecule is Cc1cc(NC(=O)c2c(C)ccn(CC3CCCO3)c2=O)ccc1N1CCCC1=O. The Hall–Kier alpha value is -2.93. The summed E-state index contributed by atoms with van der Waals surface area (Å²) in [6.45, 7) is 5.58. The van der Waals surface area contributed by atoms with E-state index in [4.69, 9.17) is 4.74 Å². The fraction of sp³-hybridized carbons (Fsp3) is 0.435.